The molecule has 66 heavy (non-hydrogen) atoms. The van der Waals surface area contributed by atoms with Crippen molar-refractivity contribution in [1.82, 2.24) is 9.97 Å². The Bertz CT molecular complexity index is 1760. The fourth-order valence-corrected chi connectivity index (χ4v) is 8.39. The monoisotopic (exact) mass is 915 g/mol. The first-order valence-electron chi connectivity index (χ1n) is 27.3. The minimum Gasteiger partial charge on any atom is -0.490 e. The number of hydrogen-bond acceptors (Lipinski definition) is 6. The standard InChI is InChI=1S/C58H94N2O6/c1-5-9-13-17-21-25-29-33-41-63-53-39-37-49(47-55(53)65-43-35-31-27-23-19-15-11-7-3)45-51-57(61)60-52(58(62)59-51)46-50-38-40-54(64-42-34-30-26-22-18-14-10-6-2)56(48-50)66-44-36-32-28-24-20-16-12-8-4/h37-40,45-48H,5-36,41-44H2,1-4H3,(H,59,62)(H,60,61)/b51-45-,52-46-. The van der Waals surface area contributed by atoms with Gasteiger partial charge < -0.3 is 28.9 Å². The Hall–Kier alpha value is -3.94. The van der Waals surface area contributed by atoms with E-state index in [1.54, 1.807) is 12.2 Å². The molecule has 0 bridgehead atoms. The Kier molecular flexibility index (Phi) is 32.5. The normalized spacial score (nSPS) is 12.0. The van der Waals surface area contributed by atoms with E-state index in [1.807, 2.05) is 36.4 Å². The van der Waals surface area contributed by atoms with E-state index < -0.39 is 0 Å². The van der Waals surface area contributed by atoms with E-state index in [4.69, 9.17) is 18.9 Å². The first-order valence-corrected chi connectivity index (χ1v) is 27.3. The maximum absolute atomic E-state index is 13.5. The van der Waals surface area contributed by atoms with Crippen LogP contribution in [0.25, 0.3) is 12.2 Å². The second-order valence-corrected chi connectivity index (χ2v) is 18.7. The average molecular weight is 915 g/mol. The smallest absolute Gasteiger partial charge is 0.272 e. The summed E-state index contributed by atoms with van der Waals surface area (Å²) in [4.78, 5) is 32.7. The maximum Gasteiger partial charge on any atom is 0.272 e. The molecule has 0 saturated carbocycles. The highest BCUT2D eigenvalue weighted by atomic mass is 16.5. The number of unbranched alkanes of at least 4 members (excludes halogenated alkanes) is 28. The van der Waals surface area contributed by atoms with Crippen LogP contribution in [0.15, 0.2) is 46.0 Å². The second-order valence-electron chi connectivity index (χ2n) is 18.7. The molecule has 8 nitrogen and oxygen atoms in total. The summed E-state index contributed by atoms with van der Waals surface area (Å²) in [6, 6.07) is 11.5. The third kappa shape index (κ3) is 25.8. The van der Waals surface area contributed by atoms with E-state index in [9.17, 15) is 9.59 Å². The van der Waals surface area contributed by atoms with E-state index in [0.29, 0.717) is 49.4 Å². The molecule has 0 spiro atoms. The summed E-state index contributed by atoms with van der Waals surface area (Å²) >= 11 is 0. The Balaban J connectivity index is 1.73. The molecule has 3 aromatic rings. The van der Waals surface area contributed by atoms with Crippen LogP contribution in [-0.4, -0.2) is 36.4 Å². The lowest BCUT2D eigenvalue weighted by atomic mass is 10.1. The highest BCUT2D eigenvalue weighted by Crippen LogP contribution is 2.31. The predicted molar refractivity (Wildman–Crippen MR) is 279 cm³/mol. The third-order valence-corrected chi connectivity index (χ3v) is 12.6. The summed E-state index contributed by atoms with van der Waals surface area (Å²) < 4.78 is 25.2. The molecule has 0 atom stereocenters. The van der Waals surface area contributed by atoms with Crippen LogP contribution in [0.2, 0.25) is 0 Å². The van der Waals surface area contributed by atoms with Gasteiger partial charge in [0, 0.05) is 0 Å². The van der Waals surface area contributed by atoms with Gasteiger partial charge in [0.2, 0.25) is 0 Å². The van der Waals surface area contributed by atoms with Gasteiger partial charge >= 0.3 is 0 Å². The van der Waals surface area contributed by atoms with Gasteiger partial charge in [0.25, 0.3) is 11.1 Å². The van der Waals surface area contributed by atoms with E-state index >= 15 is 0 Å². The number of benzene rings is 2. The lowest BCUT2D eigenvalue weighted by Crippen LogP contribution is -2.46. The lowest BCUT2D eigenvalue weighted by Gasteiger charge is -2.14. The molecule has 1 aromatic heterocycles. The first-order chi connectivity index (χ1) is 32.5. The molecule has 0 saturated heterocycles. The number of nitrogens with one attached hydrogen (secondary N) is 2. The zero-order valence-electron chi connectivity index (χ0n) is 42.5. The van der Waals surface area contributed by atoms with Gasteiger partial charge in [0.15, 0.2) is 23.0 Å². The molecule has 0 aliphatic carbocycles. The molecule has 0 fully saturated rings. The van der Waals surface area contributed by atoms with Crippen LogP contribution in [0.5, 0.6) is 23.0 Å². The topological polar surface area (TPSA) is 103 Å². The fourth-order valence-electron chi connectivity index (χ4n) is 8.39. The summed E-state index contributed by atoms with van der Waals surface area (Å²) in [5.41, 5.74) is 0.737. The molecular formula is C58H94N2O6. The molecule has 3 rings (SSSR count). The molecule has 8 heteroatoms. The number of aromatic nitrogens is 2. The molecule has 0 aliphatic rings. The van der Waals surface area contributed by atoms with Crippen molar-refractivity contribution in [2.45, 2.75) is 233 Å². The number of aromatic amines is 2. The quantitative estimate of drug-likeness (QED) is 0.0549. The Labute approximate surface area is 401 Å². The van der Waals surface area contributed by atoms with Gasteiger partial charge in [-0.15, -0.1) is 0 Å². The van der Waals surface area contributed by atoms with Gasteiger partial charge in [-0.3, -0.25) is 9.59 Å². The highest BCUT2D eigenvalue weighted by Gasteiger charge is 2.10. The van der Waals surface area contributed by atoms with Gasteiger partial charge in [-0.2, -0.15) is 0 Å². The molecule has 1 heterocycles. The van der Waals surface area contributed by atoms with Crippen LogP contribution >= 0.6 is 0 Å². The van der Waals surface area contributed by atoms with Crippen LogP contribution in [0.1, 0.15) is 244 Å². The summed E-state index contributed by atoms with van der Waals surface area (Å²) in [7, 11) is 0. The van der Waals surface area contributed by atoms with Crippen molar-refractivity contribution in [3.8, 4) is 23.0 Å². The Morgan fingerprint density at radius 2 is 0.576 bits per heavy atom. The van der Waals surface area contributed by atoms with Crippen molar-refractivity contribution in [3.63, 3.8) is 0 Å². The number of H-pyrrole nitrogens is 2. The molecular weight excluding hydrogens is 821 g/mol. The van der Waals surface area contributed by atoms with Gasteiger partial charge in [0.1, 0.15) is 10.7 Å². The predicted octanol–water partition coefficient (Wildman–Crippen LogP) is 14.8. The van der Waals surface area contributed by atoms with Crippen LogP contribution < -0.4 is 40.8 Å². The van der Waals surface area contributed by atoms with Gasteiger partial charge in [-0.25, -0.2) is 0 Å². The fraction of sp³-hybridized carbons (Fsp3) is 0.690. The number of ether oxygens (including phenoxy) is 4. The van der Waals surface area contributed by atoms with Crippen molar-refractivity contribution in [2.75, 3.05) is 26.4 Å². The number of rotatable bonds is 42. The summed E-state index contributed by atoms with van der Waals surface area (Å²) in [6.45, 7) is 11.5. The molecule has 0 aliphatic heterocycles. The Morgan fingerprint density at radius 1 is 0.333 bits per heavy atom. The minimum atomic E-state index is -0.381. The zero-order valence-corrected chi connectivity index (χ0v) is 42.5. The maximum atomic E-state index is 13.5. The first kappa shape index (κ1) is 56.4. The van der Waals surface area contributed by atoms with E-state index in [2.05, 4.69) is 37.7 Å². The van der Waals surface area contributed by atoms with Crippen molar-refractivity contribution in [1.29, 1.82) is 0 Å². The van der Waals surface area contributed by atoms with Gasteiger partial charge in [-0.1, -0.05) is 220 Å². The summed E-state index contributed by atoms with van der Waals surface area (Å²) in [5, 5.41) is 0.357. The lowest BCUT2D eigenvalue weighted by molar-refractivity contribution is 0.258. The molecule has 372 valence electrons. The van der Waals surface area contributed by atoms with E-state index in [-0.39, 0.29) is 21.8 Å². The van der Waals surface area contributed by atoms with Crippen molar-refractivity contribution in [3.05, 3.63) is 78.9 Å². The van der Waals surface area contributed by atoms with E-state index in [0.717, 1.165) is 62.5 Å². The molecule has 0 radical (unpaired) electrons. The van der Waals surface area contributed by atoms with Crippen molar-refractivity contribution < 1.29 is 18.9 Å². The summed E-state index contributed by atoms with van der Waals surface area (Å²) in [5.74, 6) is 2.77. The van der Waals surface area contributed by atoms with Crippen LogP contribution in [0.4, 0.5) is 0 Å². The number of hydrogen-bond donors (Lipinski definition) is 2. The van der Waals surface area contributed by atoms with Crippen LogP contribution in [-0.2, 0) is 0 Å². The van der Waals surface area contributed by atoms with Crippen LogP contribution in [0, 0.1) is 0 Å². The zero-order chi connectivity index (χ0) is 47.1. The summed E-state index contributed by atoms with van der Waals surface area (Å²) in [6.07, 6.45) is 42.9. The minimum absolute atomic E-state index is 0.179. The second kappa shape index (κ2) is 38.1. The molecule has 0 amide bonds. The van der Waals surface area contributed by atoms with Crippen molar-refractivity contribution in [2.24, 2.45) is 0 Å². The third-order valence-electron chi connectivity index (χ3n) is 12.6. The molecule has 2 aromatic carbocycles. The Morgan fingerprint density at radius 3 is 0.848 bits per heavy atom. The van der Waals surface area contributed by atoms with Crippen LogP contribution in [0.3, 0.4) is 0 Å². The average Bonchev–Trinajstić information content (AvgIpc) is 3.32. The molecule has 2 N–H and O–H groups in total. The SMILES string of the molecule is CCCCCCCCCCOc1ccc(/C=c2\[nH]c(=O)/c(=C/c3ccc(OCCCCCCCCCC)c(OCCCCCCCCCC)c3)[nH]c2=O)cc1OCCCCCCCCCC. The van der Waals surface area contributed by atoms with Gasteiger partial charge in [-0.05, 0) is 73.2 Å². The van der Waals surface area contributed by atoms with Crippen molar-refractivity contribution >= 4 is 12.2 Å². The molecule has 0 unspecified atom stereocenters. The largest absolute Gasteiger partial charge is 0.490 e. The van der Waals surface area contributed by atoms with Gasteiger partial charge in [0.05, 0.1) is 26.4 Å². The van der Waals surface area contributed by atoms with E-state index in [1.165, 1.54) is 154 Å². The highest BCUT2D eigenvalue weighted by molar-refractivity contribution is 5.56.